The van der Waals surface area contributed by atoms with E-state index in [0.29, 0.717) is 0 Å². The van der Waals surface area contributed by atoms with Crippen molar-refractivity contribution in [1.82, 2.24) is 4.57 Å². The maximum atomic E-state index is 9.48. The summed E-state index contributed by atoms with van der Waals surface area (Å²) in [4.78, 5) is 18.7. The van der Waals surface area contributed by atoms with E-state index in [-0.39, 0.29) is 0 Å². The van der Waals surface area contributed by atoms with E-state index in [2.05, 4.69) is 41.8 Å². The number of hydrogen-bond donors (Lipinski definition) is 0. The normalized spacial score (nSPS) is 9.35. The fourth-order valence-electron chi connectivity index (χ4n) is 1.18. The Hall–Kier alpha value is -1.65. The number of unbranched alkanes of at least 4 members (excludes halogenated alkanes) is 2. The molecule has 0 atom stereocenters. The molecular weight excluding hydrogens is 220 g/mol. The predicted molar refractivity (Wildman–Crippen MR) is 60.8 cm³/mol. The van der Waals surface area contributed by atoms with Crippen LogP contribution in [-0.2, 0) is 23.2 Å². The molecule has 1 heterocycles. The highest BCUT2D eigenvalue weighted by Crippen LogP contribution is 1.96. The Morgan fingerprint density at radius 1 is 1.35 bits per heavy atom. The molecule has 0 bridgehead atoms. The number of carboxylic acids is 1. The summed E-state index contributed by atoms with van der Waals surface area (Å²) in [6, 6.07) is 0. The first-order valence-corrected chi connectivity index (χ1v) is 5.70. The Balaban J connectivity index is 0.000000366. The molecule has 0 aromatic carbocycles. The lowest BCUT2D eigenvalue weighted by atomic mass is 10.2. The zero-order chi connectivity index (χ0) is 13.3. The van der Waals surface area contributed by atoms with E-state index in [1.165, 1.54) is 19.3 Å². The van der Waals surface area contributed by atoms with Crippen molar-refractivity contribution >= 4 is 11.8 Å². The minimum Gasteiger partial charge on any atom is -0.542 e. The van der Waals surface area contributed by atoms with Crippen molar-refractivity contribution in [3.05, 3.63) is 18.7 Å². The van der Waals surface area contributed by atoms with Crippen LogP contribution in [0.15, 0.2) is 18.7 Å². The van der Waals surface area contributed by atoms with Crippen LogP contribution in [-0.4, -0.2) is 16.3 Å². The number of ketones is 1. The summed E-state index contributed by atoms with van der Waals surface area (Å²) in [6.07, 6.45) is 10.2. The molecule has 1 aromatic rings. The number of nitrogens with zero attached hydrogens (tertiary/aromatic N) is 2. The Morgan fingerprint density at radius 2 is 1.94 bits per heavy atom. The molecule has 1 aromatic heterocycles. The van der Waals surface area contributed by atoms with Crippen LogP contribution >= 0.6 is 0 Å². The van der Waals surface area contributed by atoms with Crippen LogP contribution in [0.5, 0.6) is 0 Å². The van der Waals surface area contributed by atoms with Crippen molar-refractivity contribution in [3.63, 3.8) is 0 Å². The standard InChI is InChI=1S/C9H17N2.C3H4O3/c1-3-4-5-6-11-8-7-10(2)9-11;1-2(4)3(5)6/h7-9H,3-6H2,1-2H3;1H3,(H,5,6)/q+1;/p-1. The molecule has 0 saturated carbocycles. The molecule has 5 heteroatoms. The summed E-state index contributed by atoms with van der Waals surface area (Å²) >= 11 is 0. The smallest absolute Gasteiger partial charge is 0.243 e. The van der Waals surface area contributed by atoms with E-state index < -0.39 is 11.8 Å². The Morgan fingerprint density at radius 3 is 2.29 bits per heavy atom. The van der Waals surface area contributed by atoms with Crippen molar-refractivity contribution in [3.8, 4) is 0 Å². The van der Waals surface area contributed by atoms with Gasteiger partial charge in [0.1, 0.15) is 18.4 Å². The molecule has 0 amide bonds. The predicted octanol–water partition coefficient (Wildman–Crippen LogP) is -0.172. The van der Waals surface area contributed by atoms with Gasteiger partial charge < -0.3 is 9.90 Å². The number of carboxylic acid groups (broad SMARTS) is 1. The van der Waals surface area contributed by atoms with Crippen LogP contribution < -0.4 is 9.67 Å². The van der Waals surface area contributed by atoms with Gasteiger partial charge >= 0.3 is 0 Å². The van der Waals surface area contributed by atoms with Crippen LogP contribution in [0.4, 0.5) is 0 Å². The van der Waals surface area contributed by atoms with Crippen LogP contribution in [0.1, 0.15) is 33.1 Å². The van der Waals surface area contributed by atoms with E-state index in [9.17, 15) is 14.7 Å². The van der Waals surface area contributed by atoms with Gasteiger partial charge in [-0.15, -0.1) is 0 Å². The number of imidazole rings is 1. The fraction of sp³-hybridized carbons (Fsp3) is 0.583. The highest BCUT2D eigenvalue weighted by atomic mass is 16.4. The van der Waals surface area contributed by atoms with Gasteiger partial charge in [0, 0.05) is 6.92 Å². The summed E-state index contributed by atoms with van der Waals surface area (Å²) in [5.41, 5.74) is 0. The number of Topliss-reactive ketones (excluding diaryl/α,β-unsaturated/α-hetero) is 1. The largest absolute Gasteiger partial charge is 0.542 e. The SMILES string of the molecule is CC(=O)C(=O)[O-].CCCCCn1cc[n+](C)c1. The number of aromatic nitrogens is 2. The number of aryl methyl sites for hydroxylation is 2. The third-order valence-electron chi connectivity index (χ3n) is 2.13. The first-order valence-electron chi connectivity index (χ1n) is 5.70. The zero-order valence-electron chi connectivity index (χ0n) is 10.7. The summed E-state index contributed by atoms with van der Waals surface area (Å²) in [6.45, 7) is 4.33. The molecule has 0 radical (unpaired) electrons. The topological polar surface area (TPSA) is 66.0 Å². The zero-order valence-corrected chi connectivity index (χ0v) is 10.7. The van der Waals surface area contributed by atoms with E-state index in [1.54, 1.807) is 0 Å². The van der Waals surface area contributed by atoms with Crippen LogP contribution in [0.25, 0.3) is 0 Å². The molecule has 96 valence electrons. The third kappa shape index (κ3) is 8.19. The van der Waals surface area contributed by atoms with E-state index >= 15 is 0 Å². The maximum absolute atomic E-state index is 9.48. The van der Waals surface area contributed by atoms with Gasteiger partial charge in [-0.25, -0.2) is 9.13 Å². The van der Waals surface area contributed by atoms with Crippen molar-refractivity contribution in [1.29, 1.82) is 0 Å². The minimum absolute atomic E-state index is 0.935. The number of hydrogen-bond acceptors (Lipinski definition) is 3. The molecule has 0 aliphatic heterocycles. The summed E-state index contributed by atoms with van der Waals surface area (Å²) < 4.78 is 4.31. The molecule has 0 N–H and O–H groups in total. The summed E-state index contributed by atoms with van der Waals surface area (Å²) in [5.74, 6) is -2.56. The first-order chi connectivity index (χ1) is 7.97. The van der Waals surface area contributed by atoms with Gasteiger partial charge in [0.2, 0.25) is 6.33 Å². The molecule has 0 saturated heterocycles. The molecule has 17 heavy (non-hydrogen) atoms. The fourth-order valence-corrected chi connectivity index (χ4v) is 1.18. The van der Waals surface area contributed by atoms with Gasteiger partial charge in [-0.05, 0) is 12.8 Å². The van der Waals surface area contributed by atoms with Gasteiger partial charge in [-0.1, -0.05) is 13.3 Å². The van der Waals surface area contributed by atoms with Crippen LogP contribution in [0.2, 0.25) is 0 Å². The molecule has 0 unspecified atom stereocenters. The third-order valence-corrected chi connectivity index (χ3v) is 2.13. The summed E-state index contributed by atoms with van der Waals surface area (Å²) in [7, 11) is 2.05. The summed E-state index contributed by atoms with van der Waals surface area (Å²) in [5, 5.41) is 9.24. The average molecular weight is 240 g/mol. The lowest BCUT2D eigenvalue weighted by Gasteiger charge is -1.93. The molecule has 0 aliphatic rings. The van der Waals surface area contributed by atoms with Gasteiger partial charge in [-0.3, -0.25) is 4.79 Å². The molecular formula is C12H20N2O3. The second-order valence-corrected chi connectivity index (χ2v) is 3.87. The second-order valence-electron chi connectivity index (χ2n) is 3.87. The molecule has 5 nitrogen and oxygen atoms in total. The van der Waals surface area contributed by atoms with E-state index in [4.69, 9.17) is 0 Å². The highest BCUT2D eigenvalue weighted by Gasteiger charge is 1.97. The lowest BCUT2D eigenvalue weighted by molar-refractivity contribution is -0.671. The van der Waals surface area contributed by atoms with Gasteiger partial charge in [-0.2, -0.15) is 0 Å². The number of carbonyl (C=O) groups excluding carboxylic acids is 2. The number of aliphatic carboxylic acids is 1. The maximum Gasteiger partial charge on any atom is 0.243 e. The molecule has 0 spiro atoms. The van der Waals surface area contributed by atoms with Gasteiger partial charge in [0.05, 0.1) is 13.6 Å². The average Bonchev–Trinajstić information content (AvgIpc) is 2.65. The van der Waals surface area contributed by atoms with Crippen LogP contribution in [0.3, 0.4) is 0 Å². The van der Waals surface area contributed by atoms with E-state index in [0.717, 1.165) is 13.5 Å². The van der Waals surface area contributed by atoms with Crippen molar-refractivity contribution in [2.75, 3.05) is 0 Å². The second kappa shape index (κ2) is 8.50. The minimum atomic E-state index is -1.63. The number of carbonyl (C=O) groups is 2. The van der Waals surface area contributed by atoms with Crippen molar-refractivity contribution in [2.45, 2.75) is 39.7 Å². The van der Waals surface area contributed by atoms with E-state index in [1.807, 2.05) is 0 Å². The monoisotopic (exact) mass is 240 g/mol. The van der Waals surface area contributed by atoms with Crippen LogP contribution in [0, 0.1) is 0 Å². The quantitative estimate of drug-likeness (QED) is 0.407. The van der Waals surface area contributed by atoms with Crippen molar-refractivity contribution in [2.24, 2.45) is 7.05 Å². The number of rotatable bonds is 5. The lowest BCUT2D eigenvalue weighted by Crippen LogP contribution is -2.29. The molecule has 0 fully saturated rings. The van der Waals surface area contributed by atoms with Gasteiger partial charge in [0.15, 0.2) is 5.78 Å². The highest BCUT2D eigenvalue weighted by molar-refractivity contribution is 6.30. The first kappa shape index (κ1) is 15.3. The molecule has 0 aliphatic carbocycles. The van der Waals surface area contributed by atoms with Crippen molar-refractivity contribution < 1.29 is 19.3 Å². The Bertz CT molecular complexity index is 346. The Kier molecular flexibility index (Phi) is 7.67. The molecule has 1 rings (SSSR count). The van der Waals surface area contributed by atoms with Gasteiger partial charge in [0.25, 0.3) is 0 Å². The Labute approximate surface area is 102 Å².